The van der Waals surface area contributed by atoms with Gasteiger partial charge in [0.2, 0.25) is 0 Å². The van der Waals surface area contributed by atoms with Gasteiger partial charge in [0.25, 0.3) is 0 Å². The van der Waals surface area contributed by atoms with Gasteiger partial charge in [-0.25, -0.2) is 0 Å². The molecule has 0 amide bonds. The van der Waals surface area contributed by atoms with Gasteiger partial charge in [0.15, 0.2) is 0 Å². The largest absolute Gasteiger partial charge is 0.616 e. The first-order chi connectivity index (χ1) is 15.6. The molecule has 0 aliphatic heterocycles. The number of aliphatic hydroxyl groups excluding tert-OH is 2. The highest BCUT2D eigenvalue weighted by Gasteiger charge is 2.11. The Morgan fingerprint density at radius 1 is 0.469 bits per heavy atom. The maximum Gasteiger partial charge on any atom is 0.105 e. The highest BCUT2D eigenvalue weighted by Crippen LogP contribution is 2.15. The molecule has 0 aromatic heterocycles. The molecule has 0 rings (SSSR count). The molecule has 0 saturated heterocycles. The third-order valence-electron chi connectivity index (χ3n) is 6.60. The normalized spacial score (nSPS) is 14.5. The fourth-order valence-corrected chi connectivity index (χ4v) is 5.56. The van der Waals surface area contributed by atoms with Gasteiger partial charge in [-0.3, -0.25) is 0 Å². The second kappa shape index (κ2) is 25.8. The Morgan fingerprint density at radius 2 is 0.750 bits per heavy atom. The van der Waals surface area contributed by atoms with Gasteiger partial charge in [-0.05, 0) is 38.5 Å². The molecule has 0 aliphatic rings. The van der Waals surface area contributed by atoms with Crippen LogP contribution in [0.3, 0.4) is 0 Å². The second-order valence-electron chi connectivity index (χ2n) is 9.97. The van der Waals surface area contributed by atoms with Crippen LogP contribution in [0.1, 0.15) is 155 Å². The lowest BCUT2D eigenvalue weighted by Gasteiger charge is -2.14. The lowest BCUT2D eigenvalue weighted by Crippen LogP contribution is -2.16. The van der Waals surface area contributed by atoms with Crippen molar-refractivity contribution in [2.45, 2.75) is 167 Å². The van der Waals surface area contributed by atoms with Gasteiger partial charge in [0, 0.05) is 0 Å². The number of aliphatic hydroxyl groups is 2. The van der Waals surface area contributed by atoms with E-state index in [9.17, 15) is 14.8 Å². The Balaban J connectivity index is 3.41. The van der Waals surface area contributed by atoms with Crippen molar-refractivity contribution in [3.05, 3.63) is 0 Å². The number of hydrogen-bond acceptors (Lipinski definition) is 3. The predicted molar refractivity (Wildman–Crippen MR) is 143 cm³/mol. The molecule has 4 heteroatoms. The van der Waals surface area contributed by atoms with E-state index in [0.717, 1.165) is 51.4 Å². The summed E-state index contributed by atoms with van der Waals surface area (Å²) in [5.41, 5.74) is 0. The van der Waals surface area contributed by atoms with Crippen LogP contribution >= 0.6 is 0 Å². The van der Waals surface area contributed by atoms with E-state index in [4.69, 9.17) is 0 Å². The van der Waals surface area contributed by atoms with Gasteiger partial charge in [0.05, 0.1) is 12.2 Å². The molecule has 3 nitrogen and oxygen atoms in total. The minimum absolute atomic E-state index is 0.222. The van der Waals surface area contributed by atoms with Crippen LogP contribution in [-0.2, 0) is 11.2 Å². The first-order valence-corrected chi connectivity index (χ1v) is 15.8. The van der Waals surface area contributed by atoms with Gasteiger partial charge in [-0.15, -0.1) is 0 Å². The van der Waals surface area contributed by atoms with Crippen LogP contribution in [0, 0.1) is 0 Å². The molecule has 2 unspecified atom stereocenters. The van der Waals surface area contributed by atoms with Crippen molar-refractivity contribution in [3.8, 4) is 0 Å². The smallest absolute Gasteiger partial charge is 0.105 e. The molecule has 0 fully saturated rings. The molecule has 0 saturated carbocycles. The van der Waals surface area contributed by atoms with E-state index in [2.05, 4.69) is 13.8 Å². The zero-order chi connectivity index (χ0) is 23.7. The summed E-state index contributed by atoms with van der Waals surface area (Å²) in [5.74, 6) is 1.39. The molecule has 0 radical (unpaired) electrons. The fraction of sp³-hybridized carbons (Fsp3) is 1.00. The van der Waals surface area contributed by atoms with Crippen molar-refractivity contribution < 1.29 is 14.8 Å². The van der Waals surface area contributed by atoms with Gasteiger partial charge < -0.3 is 14.8 Å². The van der Waals surface area contributed by atoms with Crippen molar-refractivity contribution in [3.63, 3.8) is 0 Å². The van der Waals surface area contributed by atoms with Crippen LogP contribution in [0.25, 0.3) is 0 Å². The third-order valence-corrected chi connectivity index (χ3v) is 8.09. The zero-order valence-electron chi connectivity index (χ0n) is 21.8. The number of hydrogen-bond donors (Lipinski definition) is 2. The number of unbranched alkanes of at least 4 members (excludes halogenated alkanes) is 14. The van der Waals surface area contributed by atoms with Crippen LogP contribution in [0.2, 0.25) is 0 Å². The predicted octanol–water partition coefficient (Wildman–Crippen LogP) is 8.08. The molecular weight excluding hydrogens is 416 g/mol. The second-order valence-corrected chi connectivity index (χ2v) is 11.7. The topological polar surface area (TPSA) is 63.5 Å². The molecular formula is C28H58O3S. The first kappa shape index (κ1) is 32.2. The SMILES string of the molecule is CCCCCCCCCCC(O)CCC[S+]([O-])CCCC(O)CCCCCCCCCC. The van der Waals surface area contributed by atoms with Crippen molar-refractivity contribution in [2.75, 3.05) is 11.5 Å². The van der Waals surface area contributed by atoms with Crippen molar-refractivity contribution in [2.24, 2.45) is 0 Å². The Bertz CT molecular complexity index is 322. The van der Waals surface area contributed by atoms with Crippen LogP contribution < -0.4 is 0 Å². The van der Waals surface area contributed by atoms with E-state index < -0.39 is 11.2 Å². The molecule has 194 valence electrons. The Morgan fingerprint density at radius 3 is 1.09 bits per heavy atom. The Kier molecular flexibility index (Phi) is 26.0. The molecule has 0 aromatic carbocycles. The fourth-order valence-electron chi connectivity index (χ4n) is 4.38. The van der Waals surface area contributed by atoms with E-state index >= 15 is 0 Å². The van der Waals surface area contributed by atoms with Gasteiger partial charge >= 0.3 is 0 Å². The molecule has 0 aromatic rings. The monoisotopic (exact) mass is 474 g/mol. The van der Waals surface area contributed by atoms with Crippen LogP contribution in [0.4, 0.5) is 0 Å². The quantitative estimate of drug-likeness (QED) is 0.0983. The molecule has 0 bridgehead atoms. The summed E-state index contributed by atoms with van der Waals surface area (Å²) in [6, 6.07) is 0. The zero-order valence-corrected chi connectivity index (χ0v) is 22.7. The lowest BCUT2D eigenvalue weighted by atomic mass is 10.0. The van der Waals surface area contributed by atoms with Crippen molar-refractivity contribution in [1.29, 1.82) is 0 Å². The summed E-state index contributed by atoms with van der Waals surface area (Å²) in [4.78, 5) is 0. The minimum Gasteiger partial charge on any atom is -0.616 e. The summed E-state index contributed by atoms with van der Waals surface area (Å²) < 4.78 is 12.2. The first-order valence-electron chi connectivity index (χ1n) is 14.3. The average Bonchev–Trinajstić information content (AvgIpc) is 2.77. The molecule has 0 aliphatic carbocycles. The lowest BCUT2D eigenvalue weighted by molar-refractivity contribution is 0.150. The molecule has 2 atom stereocenters. The maximum absolute atomic E-state index is 12.2. The summed E-state index contributed by atoms with van der Waals surface area (Å²) >= 11 is -0.801. The summed E-state index contributed by atoms with van der Waals surface area (Å²) in [5, 5.41) is 20.3. The van der Waals surface area contributed by atoms with Crippen LogP contribution in [0.5, 0.6) is 0 Å². The molecule has 0 heterocycles. The minimum atomic E-state index is -0.801. The van der Waals surface area contributed by atoms with E-state index in [1.165, 1.54) is 89.9 Å². The Hall–Kier alpha value is 0.230. The molecule has 0 spiro atoms. The van der Waals surface area contributed by atoms with E-state index in [1.807, 2.05) is 0 Å². The van der Waals surface area contributed by atoms with E-state index in [0.29, 0.717) is 11.5 Å². The van der Waals surface area contributed by atoms with Crippen LogP contribution in [0.15, 0.2) is 0 Å². The van der Waals surface area contributed by atoms with Crippen molar-refractivity contribution in [1.82, 2.24) is 0 Å². The standard InChI is InChI=1S/C28H58O3S/c1-3-5-7-9-11-13-15-17-21-27(29)23-19-25-32(31)26-20-24-28(30)22-18-16-14-12-10-8-6-4-2/h27-30H,3-26H2,1-2H3. The van der Waals surface area contributed by atoms with Gasteiger partial charge in [0.1, 0.15) is 11.5 Å². The summed E-state index contributed by atoms with van der Waals surface area (Å²) in [6.07, 6.45) is 25.4. The van der Waals surface area contributed by atoms with Crippen molar-refractivity contribution >= 4 is 11.2 Å². The van der Waals surface area contributed by atoms with E-state index in [1.54, 1.807) is 0 Å². The molecule has 2 N–H and O–H groups in total. The highest BCUT2D eigenvalue weighted by atomic mass is 32.2. The summed E-state index contributed by atoms with van der Waals surface area (Å²) in [7, 11) is 0. The Labute approximate surface area is 204 Å². The summed E-state index contributed by atoms with van der Waals surface area (Å²) in [6.45, 7) is 4.50. The van der Waals surface area contributed by atoms with Crippen LogP contribution in [-0.4, -0.2) is 38.5 Å². The molecule has 32 heavy (non-hydrogen) atoms. The maximum atomic E-state index is 12.2. The van der Waals surface area contributed by atoms with Gasteiger partial charge in [-0.2, -0.15) is 0 Å². The van der Waals surface area contributed by atoms with Gasteiger partial charge in [-0.1, -0.05) is 128 Å². The average molecular weight is 475 g/mol. The number of rotatable bonds is 26. The third kappa shape index (κ3) is 24.9. The van der Waals surface area contributed by atoms with E-state index in [-0.39, 0.29) is 12.2 Å². The highest BCUT2D eigenvalue weighted by molar-refractivity contribution is 7.91.